The molecule has 0 radical (unpaired) electrons. The Morgan fingerprint density at radius 1 is 1.11 bits per heavy atom. The molecule has 0 amide bonds. The fraction of sp³-hybridized carbons (Fsp3) is 0.100. The van der Waals surface area contributed by atoms with Crippen LogP contribution in [0.5, 0.6) is 5.88 Å². The molecule has 0 saturated carbocycles. The van der Waals surface area contributed by atoms with Gasteiger partial charge in [0, 0.05) is 9.13 Å². The van der Waals surface area contributed by atoms with Crippen LogP contribution in [0.3, 0.4) is 0 Å². The number of pyridine rings is 1. The molecular formula is C20H15IN4O2. The maximum Gasteiger partial charge on any atom is 0.281 e. The van der Waals surface area contributed by atoms with Crippen molar-refractivity contribution >= 4 is 34.0 Å². The average molecular weight is 470 g/mol. The van der Waals surface area contributed by atoms with Crippen molar-refractivity contribution in [3.05, 3.63) is 85.2 Å². The highest BCUT2D eigenvalue weighted by Gasteiger charge is 2.19. The van der Waals surface area contributed by atoms with Gasteiger partial charge in [0.1, 0.15) is 11.6 Å². The van der Waals surface area contributed by atoms with Crippen molar-refractivity contribution in [2.24, 2.45) is 10.2 Å². The molecule has 3 aromatic rings. The Bertz CT molecular complexity index is 1120. The van der Waals surface area contributed by atoms with Crippen LogP contribution in [0.15, 0.2) is 69.6 Å². The second-order valence-corrected chi connectivity index (χ2v) is 6.97. The van der Waals surface area contributed by atoms with Crippen LogP contribution in [0.4, 0.5) is 11.4 Å². The smallest absolute Gasteiger partial charge is 0.281 e. The Labute approximate surface area is 169 Å². The minimum Gasteiger partial charge on any atom is -0.493 e. The van der Waals surface area contributed by atoms with E-state index in [1.54, 1.807) is 13.0 Å². The molecule has 0 aliphatic carbocycles. The normalized spacial score (nSPS) is 10.9. The van der Waals surface area contributed by atoms with Gasteiger partial charge in [-0.2, -0.15) is 5.26 Å². The molecule has 0 atom stereocenters. The topological polar surface area (TPSA) is 90.7 Å². The van der Waals surface area contributed by atoms with Crippen LogP contribution < -0.4 is 5.56 Å². The van der Waals surface area contributed by atoms with Gasteiger partial charge in [-0.3, -0.25) is 9.36 Å². The summed E-state index contributed by atoms with van der Waals surface area (Å²) in [6.45, 7) is 1.71. The standard InChI is InChI=1S/C20H15IN4O2/c1-13-15(11-22)19(26)25(12-14-7-3-2-4-8-14)20(27)18(13)24-23-17-10-6-5-9-16(17)21/h2-10,26H,12H2,1H3. The zero-order valence-corrected chi connectivity index (χ0v) is 16.6. The molecule has 134 valence electrons. The first-order chi connectivity index (χ1) is 13.0. The summed E-state index contributed by atoms with van der Waals surface area (Å²) >= 11 is 2.13. The summed E-state index contributed by atoms with van der Waals surface area (Å²) in [5.74, 6) is -0.364. The fourth-order valence-electron chi connectivity index (χ4n) is 2.61. The second-order valence-electron chi connectivity index (χ2n) is 5.81. The Hall–Kier alpha value is -2.99. The molecule has 0 fully saturated rings. The number of nitriles is 1. The highest BCUT2D eigenvalue weighted by molar-refractivity contribution is 14.1. The molecule has 2 aromatic carbocycles. The van der Waals surface area contributed by atoms with Crippen LogP contribution >= 0.6 is 22.6 Å². The van der Waals surface area contributed by atoms with E-state index in [1.807, 2.05) is 54.6 Å². The predicted molar refractivity (Wildman–Crippen MR) is 111 cm³/mol. The Morgan fingerprint density at radius 2 is 1.78 bits per heavy atom. The van der Waals surface area contributed by atoms with Crippen molar-refractivity contribution in [1.29, 1.82) is 5.26 Å². The number of halogens is 1. The van der Waals surface area contributed by atoms with Crippen LogP contribution in [-0.4, -0.2) is 9.67 Å². The number of rotatable bonds is 4. The highest BCUT2D eigenvalue weighted by atomic mass is 127. The third-order valence-corrected chi connectivity index (χ3v) is 4.97. The summed E-state index contributed by atoms with van der Waals surface area (Å²) in [6.07, 6.45) is 0. The van der Waals surface area contributed by atoms with Gasteiger partial charge in [-0.25, -0.2) is 0 Å². The molecule has 0 aliphatic heterocycles. The van der Waals surface area contributed by atoms with E-state index in [9.17, 15) is 15.2 Å². The summed E-state index contributed by atoms with van der Waals surface area (Å²) in [5, 5.41) is 28.1. The summed E-state index contributed by atoms with van der Waals surface area (Å²) < 4.78 is 2.03. The lowest BCUT2D eigenvalue weighted by molar-refractivity contribution is 0.412. The first-order valence-electron chi connectivity index (χ1n) is 8.09. The van der Waals surface area contributed by atoms with Gasteiger partial charge < -0.3 is 5.11 Å². The zero-order valence-electron chi connectivity index (χ0n) is 14.4. The van der Waals surface area contributed by atoms with Crippen molar-refractivity contribution in [2.45, 2.75) is 13.5 Å². The van der Waals surface area contributed by atoms with E-state index >= 15 is 0 Å². The van der Waals surface area contributed by atoms with Crippen LogP contribution in [0.2, 0.25) is 0 Å². The second kappa shape index (κ2) is 8.14. The van der Waals surface area contributed by atoms with Gasteiger partial charge >= 0.3 is 0 Å². The summed E-state index contributed by atoms with van der Waals surface area (Å²) in [4.78, 5) is 12.9. The van der Waals surface area contributed by atoms with Crippen LogP contribution in [0.25, 0.3) is 0 Å². The molecule has 3 rings (SSSR count). The molecular weight excluding hydrogens is 455 g/mol. The van der Waals surface area contributed by atoms with E-state index in [-0.39, 0.29) is 23.7 Å². The van der Waals surface area contributed by atoms with E-state index < -0.39 is 5.56 Å². The molecule has 1 N–H and O–H groups in total. The lowest BCUT2D eigenvalue weighted by atomic mass is 10.1. The SMILES string of the molecule is Cc1c(C#N)c(O)n(Cc2ccccc2)c(=O)c1N=Nc1ccccc1I. The number of hydrogen-bond acceptors (Lipinski definition) is 5. The van der Waals surface area contributed by atoms with Gasteiger partial charge in [-0.15, -0.1) is 10.2 Å². The quantitative estimate of drug-likeness (QED) is 0.439. The summed E-state index contributed by atoms with van der Waals surface area (Å²) in [7, 11) is 0. The van der Waals surface area contributed by atoms with Crippen LogP contribution in [0.1, 0.15) is 16.7 Å². The molecule has 0 saturated heterocycles. The number of aromatic nitrogens is 1. The minimum atomic E-state index is -0.498. The molecule has 27 heavy (non-hydrogen) atoms. The minimum absolute atomic E-state index is 0.0160. The van der Waals surface area contributed by atoms with E-state index in [0.717, 1.165) is 13.7 Å². The Morgan fingerprint density at radius 3 is 2.44 bits per heavy atom. The number of nitrogens with zero attached hydrogens (tertiary/aromatic N) is 4. The number of aromatic hydroxyl groups is 1. The van der Waals surface area contributed by atoms with Gasteiger partial charge in [-0.05, 0) is 47.2 Å². The van der Waals surface area contributed by atoms with Crippen LogP contribution in [0, 0.1) is 21.8 Å². The zero-order chi connectivity index (χ0) is 19.4. The third kappa shape index (κ3) is 3.90. The fourth-order valence-corrected chi connectivity index (χ4v) is 3.10. The molecule has 0 bridgehead atoms. The number of benzene rings is 2. The van der Waals surface area contributed by atoms with Crippen LogP contribution in [-0.2, 0) is 6.54 Å². The molecule has 0 spiro atoms. The highest BCUT2D eigenvalue weighted by Crippen LogP contribution is 2.28. The van der Waals surface area contributed by atoms with Crippen molar-refractivity contribution < 1.29 is 5.11 Å². The van der Waals surface area contributed by atoms with E-state index in [4.69, 9.17) is 0 Å². The number of azo groups is 1. The maximum absolute atomic E-state index is 12.9. The molecule has 1 aromatic heterocycles. The van der Waals surface area contributed by atoms with Crippen molar-refractivity contribution in [3.8, 4) is 11.9 Å². The van der Waals surface area contributed by atoms with Crippen molar-refractivity contribution in [3.63, 3.8) is 0 Å². The third-order valence-electron chi connectivity index (χ3n) is 4.06. The Balaban J connectivity index is 2.14. The molecule has 0 aliphatic rings. The first kappa shape index (κ1) is 18.8. The Kier molecular flexibility index (Phi) is 5.66. The molecule has 0 unspecified atom stereocenters. The van der Waals surface area contributed by atoms with E-state index in [2.05, 4.69) is 32.8 Å². The van der Waals surface area contributed by atoms with Gasteiger partial charge in [0.05, 0.1) is 12.2 Å². The molecule has 7 heteroatoms. The predicted octanol–water partition coefficient (Wildman–Crippen LogP) is 4.80. The van der Waals surface area contributed by atoms with Crippen molar-refractivity contribution in [1.82, 2.24) is 4.57 Å². The molecule has 1 heterocycles. The van der Waals surface area contributed by atoms with E-state index in [1.165, 1.54) is 0 Å². The monoisotopic (exact) mass is 470 g/mol. The van der Waals surface area contributed by atoms with Gasteiger partial charge in [0.25, 0.3) is 5.56 Å². The largest absolute Gasteiger partial charge is 0.493 e. The molecule has 6 nitrogen and oxygen atoms in total. The van der Waals surface area contributed by atoms with E-state index in [0.29, 0.717) is 11.3 Å². The summed E-state index contributed by atoms with van der Waals surface area (Å²) in [5.41, 5.74) is 1.31. The number of hydrogen-bond donors (Lipinski definition) is 1. The van der Waals surface area contributed by atoms with Crippen molar-refractivity contribution in [2.75, 3.05) is 0 Å². The van der Waals surface area contributed by atoms with Gasteiger partial charge in [0.15, 0.2) is 5.69 Å². The maximum atomic E-state index is 12.9. The summed E-state index contributed by atoms with van der Waals surface area (Å²) in [6, 6.07) is 18.6. The van der Waals surface area contributed by atoms with Gasteiger partial charge in [-0.1, -0.05) is 42.5 Å². The van der Waals surface area contributed by atoms with Gasteiger partial charge in [0.2, 0.25) is 5.88 Å². The lowest BCUT2D eigenvalue weighted by Gasteiger charge is -2.13. The lowest BCUT2D eigenvalue weighted by Crippen LogP contribution is -2.22. The average Bonchev–Trinajstić information content (AvgIpc) is 2.67. The first-order valence-corrected chi connectivity index (χ1v) is 9.17.